The minimum absolute atomic E-state index is 0.0176. The lowest BCUT2D eigenvalue weighted by molar-refractivity contribution is -0.142. The van der Waals surface area contributed by atoms with Crippen molar-refractivity contribution >= 4 is 17.8 Å². The standard InChI is InChI=1S/C15H26N2O4/c1-5-17(11(4)6-14(19)20)15(21)12-7-13(18)16(9-12)8-10(2)3/h10-12H,5-9H2,1-4H3,(H,19,20). The highest BCUT2D eigenvalue weighted by Gasteiger charge is 2.37. The molecule has 1 saturated heterocycles. The van der Waals surface area contributed by atoms with E-state index in [0.29, 0.717) is 25.6 Å². The highest BCUT2D eigenvalue weighted by atomic mass is 16.4. The average Bonchev–Trinajstić information content (AvgIpc) is 2.70. The second kappa shape index (κ2) is 7.43. The summed E-state index contributed by atoms with van der Waals surface area (Å²) in [5, 5.41) is 8.86. The van der Waals surface area contributed by atoms with Crippen LogP contribution in [-0.4, -0.2) is 58.4 Å². The average molecular weight is 298 g/mol. The van der Waals surface area contributed by atoms with Crippen LogP contribution in [0.15, 0.2) is 0 Å². The van der Waals surface area contributed by atoms with Gasteiger partial charge in [-0.3, -0.25) is 14.4 Å². The summed E-state index contributed by atoms with van der Waals surface area (Å²) in [6.45, 7) is 9.22. The van der Waals surface area contributed by atoms with Crippen molar-refractivity contribution in [2.45, 2.75) is 46.6 Å². The maximum Gasteiger partial charge on any atom is 0.305 e. The third kappa shape index (κ3) is 4.72. The number of hydrogen-bond donors (Lipinski definition) is 1. The van der Waals surface area contributed by atoms with E-state index < -0.39 is 5.97 Å². The summed E-state index contributed by atoms with van der Waals surface area (Å²) in [7, 11) is 0. The molecule has 1 heterocycles. The van der Waals surface area contributed by atoms with Crippen LogP contribution < -0.4 is 0 Å². The molecule has 120 valence electrons. The Kier molecular flexibility index (Phi) is 6.18. The number of likely N-dealkylation sites (tertiary alicyclic amines) is 1. The van der Waals surface area contributed by atoms with E-state index >= 15 is 0 Å². The van der Waals surface area contributed by atoms with Gasteiger partial charge < -0.3 is 14.9 Å². The number of aliphatic carboxylic acids is 1. The van der Waals surface area contributed by atoms with Gasteiger partial charge in [0.25, 0.3) is 0 Å². The van der Waals surface area contributed by atoms with Gasteiger partial charge in [-0.05, 0) is 19.8 Å². The molecule has 6 heteroatoms. The van der Waals surface area contributed by atoms with E-state index in [-0.39, 0.29) is 36.6 Å². The maximum atomic E-state index is 12.5. The fourth-order valence-corrected chi connectivity index (χ4v) is 2.84. The number of carbonyl (C=O) groups is 3. The van der Waals surface area contributed by atoms with E-state index in [9.17, 15) is 14.4 Å². The van der Waals surface area contributed by atoms with Crippen LogP contribution in [0.4, 0.5) is 0 Å². The Labute approximate surface area is 126 Å². The molecule has 0 spiro atoms. The van der Waals surface area contributed by atoms with E-state index in [0.717, 1.165) is 0 Å². The van der Waals surface area contributed by atoms with Gasteiger partial charge >= 0.3 is 5.97 Å². The second-order valence-corrected chi connectivity index (χ2v) is 6.16. The maximum absolute atomic E-state index is 12.5. The van der Waals surface area contributed by atoms with Crippen molar-refractivity contribution in [2.75, 3.05) is 19.6 Å². The molecule has 0 aromatic heterocycles. The lowest BCUT2D eigenvalue weighted by Gasteiger charge is -2.29. The number of rotatable bonds is 7. The van der Waals surface area contributed by atoms with Crippen molar-refractivity contribution in [1.82, 2.24) is 9.80 Å². The van der Waals surface area contributed by atoms with Crippen LogP contribution in [0.5, 0.6) is 0 Å². The molecule has 0 saturated carbocycles. The number of carboxylic acid groups (broad SMARTS) is 1. The van der Waals surface area contributed by atoms with Crippen LogP contribution in [0.25, 0.3) is 0 Å². The lowest BCUT2D eigenvalue weighted by atomic mass is 10.1. The first-order chi connectivity index (χ1) is 9.76. The lowest BCUT2D eigenvalue weighted by Crippen LogP contribution is -2.43. The van der Waals surface area contributed by atoms with E-state index in [1.165, 1.54) is 0 Å². The summed E-state index contributed by atoms with van der Waals surface area (Å²) in [4.78, 5) is 38.6. The minimum atomic E-state index is -0.919. The third-order valence-corrected chi connectivity index (χ3v) is 3.78. The first-order valence-electron chi connectivity index (χ1n) is 7.56. The molecule has 1 aliphatic rings. The summed E-state index contributed by atoms with van der Waals surface area (Å²) >= 11 is 0. The molecule has 2 amide bonds. The van der Waals surface area contributed by atoms with Gasteiger partial charge in [0.1, 0.15) is 0 Å². The Morgan fingerprint density at radius 3 is 2.48 bits per heavy atom. The van der Waals surface area contributed by atoms with Crippen molar-refractivity contribution in [3.05, 3.63) is 0 Å². The van der Waals surface area contributed by atoms with Gasteiger partial charge in [-0.25, -0.2) is 0 Å². The van der Waals surface area contributed by atoms with Gasteiger partial charge in [-0.1, -0.05) is 13.8 Å². The molecular weight excluding hydrogens is 272 g/mol. The molecule has 1 fully saturated rings. The van der Waals surface area contributed by atoms with Gasteiger partial charge in [0, 0.05) is 32.1 Å². The number of carboxylic acids is 1. The molecule has 0 aromatic carbocycles. The molecule has 2 atom stereocenters. The van der Waals surface area contributed by atoms with Crippen LogP contribution in [0, 0.1) is 11.8 Å². The quantitative estimate of drug-likeness (QED) is 0.766. The Morgan fingerprint density at radius 1 is 1.38 bits per heavy atom. The number of amides is 2. The third-order valence-electron chi connectivity index (χ3n) is 3.78. The van der Waals surface area contributed by atoms with Crippen LogP contribution in [0.3, 0.4) is 0 Å². The zero-order chi connectivity index (χ0) is 16.2. The van der Waals surface area contributed by atoms with Crippen molar-refractivity contribution < 1.29 is 19.5 Å². The van der Waals surface area contributed by atoms with Gasteiger partial charge in [0.05, 0.1) is 12.3 Å². The van der Waals surface area contributed by atoms with Crippen molar-refractivity contribution in [3.63, 3.8) is 0 Å². The molecule has 21 heavy (non-hydrogen) atoms. The summed E-state index contributed by atoms with van der Waals surface area (Å²) < 4.78 is 0. The SMILES string of the molecule is CCN(C(=O)C1CC(=O)N(CC(C)C)C1)C(C)CC(=O)O. The van der Waals surface area contributed by atoms with Gasteiger partial charge in [-0.15, -0.1) is 0 Å². The van der Waals surface area contributed by atoms with Crippen molar-refractivity contribution in [3.8, 4) is 0 Å². The van der Waals surface area contributed by atoms with Crippen LogP contribution in [0.2, 0.25) is 0 Å². The van der Waals surface area contributed by atoms with Crippen LogP contribution in [0.1, 0.15) is 40.5 Å². The Hall–Kier alpha value is -1.59. The first-order valence-corrected chi connectivity index (χ1v) is 7.56. The molecule has 0 radical (unpaired) electrons. The molecular formula is C15H26N2O4. The molecule has 1 aliphatic heterocycles. The van der Waals surface area contributed by atoms with Gasteiger partial charge in [0.15, 0.2) is 0 Å². The molecule has 1 rings (SSSR count). The van der Waals surface area contributed by atoms with Gasteiger partial charge in [0.2, 0.25) is 11.8 Å². The topological polar surface area (TPSA) is 77.9 Å². The number of hydrogen-bond acceptors (Lipinski definition) is 3. The normalized spacial score (nSPS) is 20.0. The fraction of sp³-hybridized carbons (Fsp3) is 0.800. The molecule has 0 aliphatic carbocycles. The first kappa shape index (κ1) is 17.5. The predicted octanol–water partition coefficient (Wildman–Crippen LogP) is 1.20. The van der Waals surface area contributed by atoms with Crippen LogP contribution >= 0.6 is 0 Å². The smallest absolute Gasteiger partial charge is 0.305 e. The fourth-order valence-electron chi connectivity index (χ4n) is 2.84. The van der Waals surface area contributed by atoms with E-state index in [1.54, 1.807) is 16.7 Å². The number of nitrogens with zero attached hydrogens (tertiary/aromatic N) is 2. The highest BCUT2D eigenvalue weighted by molar-refractivity contribution is 5.89. The predicted molar refractivity (Wildman–Crippen MR) is 78.6 cm³/mol. The highest BCUT2D eigenvalue weighted by Crippen LogP contribution is 2.22. The Bertz CT molecular complexity index is 408. The minimum Gasteiger partial charge on any atom is -0.481 e. The zero-order valence-electron chi connectivity index (χ0n) is 13.3. The molecule has 2 unspecified atom stereocenters. The largest absolute Gasteiger partial charge is 0.481 e. The summed E-state index contributed by atoms with van der Waals surface area (Å²) in [5.41, 5.74) is 0. The van der Waals surface area contributed by atoms with Crippen molar-refractivity contribution in [2.24, 2.45) is 11.8 Å². The summed E-state index contributed by atoms with van der Waals surface area (Å²) in [6.07, 6.45) is 0.164. The molecule has 0 bridgehead atoms. The van der Waals surface area contributed by atoms with E-state index in [4.69, 9.17) is 5.11 Å². The van der Waals surface area contributed by atoms with Gasteiger partial charge in [-0.2, -0.15) is 0 Å². The van der Waals surface area contributed by atoms with Crippen molar-refractivity contribution in [1.29, 1.82) is 0 Å². The molecule has 6 nitrogen and oxygen atoms in total. The summed E-state index contributed by atoms with van der Waals surface area (Å²) in [5.74, 6) is -0.976. The Morgan fingerprint density at radius 2 is 2.00 bits per heavy atom. The van der Waals surface area contributed by atoms with Crippen LogP contribution in [-0.2, 0) is 14.4 Å². The molecule has 0 aromatic rings. The summed E-state index contributed by atoms with van der Waals surface area (Å²) in [6, 6.07) is -0.353. The monoisotopic (exact) mass is 298 g/mol. The van der Waals surface area contributed by atoms with E-state index in [1.807, 2.05) is 20.8 Å². The zero-order valence-corrected chi connectivity index (χ0v) is 13.3. The molecule has 1 N–H and O–H groups in total. The van der Waals surface area contributed by atoms with E-state index in [2.05, 4.69) is 0 Å². The Balaban J connectivity index is 2.69. The number of carbonyl (C=O) groups excluding carboxylic acids is 2. The second-order valence-electron chi connectivity index (χ2n) is 6.16.